The average Bonchev–Trinajstić information content (AvgIpc) is 2.75. The van der Waals surface area contributed by atoms with Crippen molar-refractivity contribution in [3.05, 3.63) is 59.0 Å². The molecule has 1 aliphatic rings. The SMILES string of the molecule is Cc1cc([C@@H](C)Nc2cccnc2C(=O)O)c2cc(OC3CCOCC3)c(C)nc2c1. The Hall–Kier alpha value is -3.19. The zero-order chi connectivity index (χ0) is 22.0. The lowest BCUT2D eigenvalue weighted by Crippen LogP contribution is -2.26. The second-order valence-electron chi connectivity index (χ2n) is 7.99. The third-order valence-electron chi connectivity index (χ3n) is 5.57. The van der Waals surface area contributed by atoms with E-state index in [2.05, 4.69) is 28.5 Å². The van der Waals surface area contributed by atoms with Gasteiger partial charge in [-0.2, -0.15) is 0 Å². The Kier molecular flexibility index (Phi) is 6.04. The van der Waals surface area contributed by atoms with Crippen LogP contribution in [0.5, 0.6) is 5.75 Å². The number of aromatic nitrogens is 2. The van der Waals surface area contributed by atoms with E-state index in [9.17, 15) is 9.90 Å². The summed E-state index contributed by atoms with van der Waals surface area (Å²) in [5, 5.41) is 13.7. The van der Waals surface area contributed by atoms with Crippen LogP contribution in [0.4, 0.5) is 5.69 Å². The van der Waals surface area contributed by atoms with E-state index in [1.165, 1.54) is 6.20 Å². The van der Waals surface area contributed by atoms with Crippen molar-refractivity contribution in [1.29, 1.82) is 0 Å². The molecular formula is C24H27N3O4. The van der Waals surface area contributed by atoms with Crippen LogP contribution in [-0.2, 0) is 4.74 Å². The number of hydrogen-bond acceptors (Lipinski definition) is 6. The van der Waals surface area contributed by atoms with Crippen LogP contribution in [0.25, 0.3) is 10.9 Å². The minimum Gasteiger partial charge on any atom is -0.488 e. The smallest absolute Gasteiger partial charge is 0.356 e. The standard InChI is InChI=1S/C24H27N3O4/c1-14-11-18(15(2)26-20-5-4-8-25-23(20)24(28)29)19-13-22(16(3)27-21(19)12-14)31-17-6-9-30-10-7-17/h4-5,8,11-13,15,17,26H,6-7,9-10H2,1-3H3,(H,28,29)/t15-/m1/s1. The molecule has 0 bridgehead atoms. The van der Waals surface area contributed by atoms with E-state index in [1.54, 1.807) is 12.1 Å². The zero-order valence-electron chi connectivity index (χ0n) is 18.0. The number of fused-ring (bicyclic) bond motifs is 1. The molecule has 0 amide bonds. The number of carboxylic acid groups (broad SMARTS) is 1. The summed E-state index contributed by atoms with van der Waals surface area (Å²) in [6.45, 7) is 7.43. The first-order valence-electron chi connectivity index (χ1n) is 10.5. The van der Waals surface area contributed by atoms with Gasteiger partial charge in [0.2, 0.25) is 0 Å². The molecule has 2 N–H and O–H groups in total. The molecule has 2 aromatic heterocycles. The van der Waals surface area contributed by atoms with Gasteiger partial charge in [0.25, 0.3) is 0 Å². The molecule has 31 heavy (non-hydrogen) atoms. The van der Waals surface area contributed by atoms with Gasteiger partial charge in [0.05, 0.1) is 30.1 Å². The number of rotatable bonds is 6. The van der Waals surface area contributed by atoms with Gasteiger partial charge in [0.1, 0.15) is 11.9 Å². The average molecular weight is 421 g/mol. The molecular weight excluding hydrogens is 394 g/mol. The van der Waals surface area contributed by atoms with Gasteiger partial charge in [0.15, 0.2) is 5.69 Å². The van der Waals surface area contributed by atoms with Crippen LogP contribution < -0.4 is 10.1 Å². The zero-order valence-corrected chi connectivity index (χ0v) is 18.0. The van der Waals surface area contributed by atoms with E-state index in [4.69, 9.17) is 14.5 Å². The number of aryl methyl sites for hydroxylation is 2. The Labute approximate surface area is 181 Å². The maximum Gasteiger partial charge on any atom is 0.356 e. The van der Waals surface area contributed by atoms with Gasteiger partial charge >= 0.3 is 5.97 Å². The number of carbonyl (C=O) groups is 1. The van der Waals surface area contributed by atoms with E-state index in [0.717, 1.165) is 46.3 Å². The van der Waals surface area contributed by atoms with Crippen LogP contribution in [0.1, 0.15) is 53.1 Å². The molecule has 0 saturated carbocycles. The Morgan fingerprint density at radius 2 is 2.03 bits per heavy atom. The van der Waals surface area contributed by atoms with E-state index >= 15 is 0 Å². The highest BCUT2D eigenvalue weighted by atomic mass is 16.5. The van der Waals surface area contributed by atoms with E-state index in [0.29, 0.717) is 18.9 Å². The molecule has 1 fully saturated rings. The Morgan fingerprint density at radius 3 is 2.77 bits per heavy atom. The minimum absolute atomic E-state index is 0.00354. The molecule has 0 radical (unpaired) electrons. The molecule has 4 rings (SSSR count). The molecule has 0 aliphatic carbocycles. The van der Waals surface area contributed by atoms with E-state index in [1.807, 2.05) is 20.8 Å². The van der Waals surface area contributed by atoms with Crippen LogP contribution in [0.15, 0.2) is 36.5 Å². The number of hydrogen-bond donors (Lipinski definition) is 2. The molecule has 3 aromatic rings. The highest BCUT2D eigenvalue weighted by Crippen LogP contribution is 2.32. The predicted molar refractivity (Wildman–Crippen MR) is 119 cm³/mol. The quantitative estimate of drug-likeness (QED) is 0.597. The van der Waals surface area contributed by atoms with Gasteiger partial charge < -0.3 is 19.9 Å². The second-order valence-corrected chi connectivity index (χ2v) is 7.99. The van der Waals surface area contributed by atoms with Crippen LogP contribution in [0, 0.1) is 13.8 Å². The summed E-state index contributed by atoms with van der Waals surface area (Å²) in [5.74, 6) is -0.279. The lowest BCUT2D eigenvalue weighted by atomic mass is 9.98. The third-order valence-corrected chi connectivity index (χ3v) is 5.57. The number of pyridine rings is 2. The topological polar surface area (TPSA) is 93.6 Å². The summed E-state index contributed by atoms with van der Waals surface area (Å²) in [5.41, 5.74) is 4.35. The number of nitrogens with one attached hydrogen (secondary N) is 1. The van der Waals surface area contributed by atoms with Crippen molar-refractivity contribution >= 4 is 22.6 Å². The number of anilines is 1. The molecule has 0 spiro atoms. The van der Waals surface area contributed by atoms with Gasteiger partial charge in [0, 0.05) is 30.5 Å². The molecule has 3 heterocycles. The minimum atomic E-state index is -1.06. The highest BCUT2D eigenvalue weighted by Gasteiger charge is 2.20. The largest absolute Gasteiger partial charge is 0.488 e. The van der Waals surface area contributed by atoms with Gasteiger partial charge in [-0.1, -0.05) is 6.07 Å². The van der Waals surface area contributed by atoms with Crippen molar-refractivity contribution in [2.24, 2.45) is 0 Å². The molecule has 0 unspecified atom stereocenters. The van der Waals surface area contributed by atoms with Crippen molar-refractivity contribution in [2.45, 2.75) is 45.8 Å². The molecule has 7 nitrogen and oxygen atoms in total. The summed E-state index contributed by atoms with van der Waals surface area (Å²) in [4.78, 5) is 20.3. The molecule has 1 atom stereocenters. The monoisotopic (exact) mass is 421 g/mol. The Balaban J connectivity index is 1.71. The van der Waals surface area contributed by atoms with Crippen LogP contribution >= 0.6 is 0 Å². The van der Waals surface area contributed by atoms with Gasteiger partial charge in [-0.05, 0) is 56.2 Å². The number of nitrogens with zero attached hydrogens (tertiary/aromatic N) is 2. The van der Waals surface area contributed by atoms with Crippen molar-refractivity contribution in [1.82, 2.24) is 9.97 Å². The maximum atomic E-state index is 11.5. The van der Waals surface area contributed by atoms with Gasteiger partial charge in [-0.3, -0.25) is 0 Å². The number of benzene rings is 1. The lowest BCUT2D eigenvalue weighted by molar-refractivity contribution is 0.0252. The van der Waals surface area contributed by atoms with Gasteiger partial charge in [-0.25, -0.2) is 14.8 Å². The Bertz CT molecular complexity index is 1110. The normalized spacial score (nSPS) is 15.6. The van der Waals surface area contributed by atoms with E-state index < -0.39 is 5.97 Å². The van der Waals surface area contributed by atoms with Crippen LogP contribution in [0.2, 0.25) is 0 Å². The number of aromatic carboxylic acids is 1. The van der Waals surface area contributed by atoms with Crippen molar-refractivity contribution < 1.29 is 19.4 Å². The Morgan fingerprint density at radius 1 is 1.26 bits per heavy atom. The molecule has 162 valence electrons. The lowest BCUT2D eigenvalue weighted by Gasteiger charge is -2.25. The summed E-state index contributed by atoms with van der Waals surface area (Å²) in [6.07, 6.45) is 3.35. The number of carboxylic acids is 1. The van der Waals surface area contributed by atoms with Gasteiger partial charge in [-0.15, -0.1) is 0 Å². The summed E-state index contributed by atoms with van der Waals surface area (Å²) in [7, 11) is 0. The van der Waals surface area contributed by atoms with Crippen molar-refractivity contribution in [3.8, 4) is 5.75 Å². The fourth-order valence-electron chi connectivity index (χ4n) is 3.98. The molecule has 1 aliphatic heterocycles. The van der Waals surface area contributed by atoms with Crippen LogP contribution in [-0.4, -0.2) is 40.4 Å². The predicted octanol–water partition coefficient (Wildman–Crippen LogP) is 4.68. The molecule has 7 heteroatoms. The van der Waals surface area contributed by atoms with Crippen molar-refractivity contribution in [2.75, 3.05) is 18.5 Å². The molecule has 1 saturated heterocycles. The fourth-order valence-corrected chi connectivity index (χ4v) is 3.98. The first-order valence-corrected chi connectivity index (χ1v) is 10.5. The third kappa shape index (κ3) is 4.61. The fraction of sp³-hybridized carbons (Fsp3) is 0.375. The highest BCUT2D eigenvalue weighted by molar-refractivity contribution is 5.92. The summed E-state index contributed by atoms with van der Waals surface area (Å²) in [6, 6.07) is 9.51. The summed E-state index contributed by atoms with van der Waals surface area (Å²) >= 11 is 0. The second kappa shape index (κ2) is 8.89. The number of ether oxygens (including phenoxy) is 2. The summed E-state index contributed by atoms with van der Waals surface area (Å²) < 4.78 is 11.7. The molecule has 1 aromatic carbocycles. The maximum absolute atomic E-state index is 11.5. The van der Waals surface area contributed by atoms with E-state index in [-0.39, 0.29) is 17.8 Å². The first-order chi connectivity index (χ1) is 14.9. The first kappa shape index (κ1) is 21.1. The van der Waals surface area contributed by atoms with Crippen LogP contribution in [0.3, 0.4) is 0 Å². The van der Waals surface area contributed by atoms with Crippen molar-refractivity contribution in [3.63, 3.8) is 0 Å².